The topological polar surface area (TPSA) is 86.2 Å². The molecule has 0 aliphatic heterocycles. The van der Waals surface area contributed by atoms with Crippen molar-refractivity contribution in [3.8, 4) is 22.8 Å². The van der Waals surface area contributed by atoms with Crippen LogP contribution in [0.2, 0.25) is 0 Å². The number of aromatic nitrogens is 3. The molecule has 7 nitrogen and oxygen atoms in total. The Hall–Kier alpha value is -3.48. The van der Waals surface area contributed by atoms with E-state index in [0.717, 1.165) is 5.56 Å². The van der Waals surface area contributed by atoms with Gasteiger partial charge in [0, 0.05) is 30.2 Å². The summed E-state index contributed by atoms with van der Waals surface area (Å²) < 4.78 is 10.4. The van der Waals surface area contributed by atoms with E-state index in [0.29, 0.717) is 28.4 Å². The van der Waals surface area contributed by atoms with Crippen LogP contribution in [0.25, 0.3) is 11.3 Å². The largest absolute Gasteiger partial charge is 0.497 e. The van der Waals surface area contributed by atoms with Crippen LogP contribution in [0, 0.1) is 0 Å². The number of ether oxygens (including phenoxy) is 2. The fourth-order valence-electron chi connectivity index (χ4n) is 2.23. The van der Waals surface area contributed by atoms with E-state index >= 15 is 0 Å². The number of hydrogen-bond acceptors (Lipinski definition) is 6. The summed E-state index contributed by atoms with van der Waals surface area (Å²) in [5.41, 5.74) is 2.46. The molecule has 25 heavy (non-hydrogen) atoms. The molecule has 1 N–H and O–H groups in total. The fourth-order valence-corrected chi connectivity index (χ4v) is 2.23. The first-order valence-corrected chi connectivity index (χ1v) is 7.46. The van der Waals surface area contributed by atoms with Gasteiger partial charge in [-0.25, -0.2) is 9.97 Å². The third-order valence-corrected chi connectivity index (χ3v) is 3.54. The molecule has 2 aromatic heterocycles. The van der Waals surface area contributed by atoms with E-state index in [1.807, 2.05) is 0 Å². The maximum atomic E-state index is 12.4. The molecule has 2 heterocycles. The van der Waals surface area contributed by atoms with Crippen LogP contribution in [0.15, 0.2) is 55.2 Å². The fraction of sp³-hybridized carbons (Fsp3) is 0.111. The van der Waals surface area contributed by atoms with E-state index in [2.05, 4.69) is 20.3 Å². The van der Waals surface area contributed by atoms with Gasteiger partial charge in [0.25, 0.3) is 5.91 Å². The van der Waals surface area contributed by atoms with E-state index in [1.165, 1.54) is 19.6 Å². The summed E-state index contributed by atoms with van der Waals surface area (Å²) in [5.74, 6) is 0.872. The van der Waals surface area contributed by atoms with Gasteiger partial charge in [0.15, 0.2) is 0 Å². The third-order valence-electron chi connectivity index (χ3n) is 3.54. The Morgan fingerprint density at radius 3 is 2.44 bits per heavy atom. The predicted molar refractivity (Wildman–Crippen MR) is 92.8 cm³/mol. The molecular weight excluding hydrogens is 320 g/mol. The Morgan fingerprint density at radius 1 is 1.00 bits per heavy atom. The van der Waals surface area contributed by atoms with E-state index in [9.17, 15) is 4.79 Å². The van der Waals surface area contributed by atoms with Crippen LogP contribution in [0.3, 0.4) is 0 Å². The lowest BCUT2D eigenvalue weighted by atomic mass is 10.2. The normalized spacial score (nSPS) is 10.2. The van der Waals surface area contributed by atoms with Crippen molar-refractivity contribution in [2.75, 3.05) is 19.5 Å². The Labute approximate surface area is 144 Å². The Kier molecular flexibility index (Phi) is 4.84. The van der Waals surface area contributed by atoms with Gasteiger partial charge < -0.3 is 14.8 Å². The van der Waals surface area contributed by atoms with Gasteiger partial charge in [-0.05, 0) is 24.3 Å². The first kappa shape index (κ1) is 16.4. The molecule has 0 radical (unpaired) electrons. The lowest BCUT2D eigenvalue weighted by molar-refractivity contribution is 0.102. The van der Waals surface area contributed by atoms with Gasteiger partial charge in [-0.2, -0.15) is 0 Å². The molecule has 7 heteroatoms. The summed E-state index contributed by atoms with van der Waals surface area (Å²) in [6.45, 7) is 0. The Morgan fingerprint density at radius 2 is 1.80 bits per heavy atom. The second kappa shape index (κ2) is 7.39. The maximum Gasteiger partial charge on any atom is 0.257 e. The van der Waals surface area contributed by atoms with Crippen molar-refractivity contribution in [3.63, 3.8) is 0 Å². The number of amides is 1. The molecule has 0 aliphatic carbocycles. The van der Waals surface area contributed by atoms with Gasteiger partial charge in [-0.1, -0.05) is 0 Å². The summed E-state index contributed by atoms with van der Waals surface area (Å²) in [5, 5.41) is 2.80. The zero-order chi connectivity index (χ0) is 17.6. The quantitative estimate of drug-likeness (QED) is 0.771. The average Bonchev–Trinajstić information content (AvgIpc) is 2.69. The van der Waals surface area contributed by atoms with Crippen LogP contribution in [0.5, 0.6) is 11.5 Å². The molecule has 0 spiro atoms. The van der Waals surface area contributed by atoms with Crippen LogP contribution in [0.1, 0.15) is 10.4 Å². The van der Waals surface area contributed by atoms with Crippen molar-refractivity contribution in [1.82, 2.24) is 15.0 Å². The lowest BCUT2D eigenvalue weighted by Gasteiger charge is -2.11. The van der Waals surface area contributed by atoms with Gasteiger partial charge in [0.05, 0.1) is 31.2 Å². The van der Waals surface area contributed by atoms with E-state index in [-0.39, 0.29) is 5.91 Å². The van der Waals surface area contributed by atoms with Crippen molar-refractivity contribution in [2.45, 2.75) is 0 Å². The number of methoxy groups -OCH3 is 2. The highest BCUT2D eigenvalue weighted by Gasteiger charge is 2.11. The second-order valence-electron chi connectivity index (χ2n) is 5.08. The molecule has 0 aliphatic rings. The zero-order valence-electron chi connectivity index (χ0n) is 13.8. The first-order valence-electron chi connectivity index (χ1n) is 7.46. The summed E-state index contributed by atoms with van der Waals surface area (Å²) in [6, 6.07) is 8.61. The number of rotatable bonds is 5. The van der Waals surface area contributed by atoms with Crippen LogP contribution < -0.4 is 14.8 Å². The van der Waals surface area contributed by atoms with Gasteiger partial charge in [0.2, 0.25) is 0 Å². The number of pyridine rings is 1. The number of carbonyl (C=O) groups is 1. The highest BCUT2D eigenvalue weighted by Crippen LogP contribution is 2.29. The van der Waals surface area contributed by atoms with Crippen molar-refractivity contribution >= 4 is 11.6 Å². The van der Waals surface area contributed by atoms with E-state index in [1.54, 1.807) is 49.8 Å². The maximum absolute atomic E-state index is 12.4. The summed E-state index contributed by atoms with van der Waals surface area (Å²) in [7, 11) is 3.10. The highest BCUT2D eigenvalue weighted by atomic mass is 16.5. The van der Waals surface area contributed by atoms with Crippen molar-refractivity contribution < 1.29 is 14.3 Å². The van der Waals surface area contributed by atoms with Crippen LogP contribution in [0.4, 0.5) is 5.69 Å². The van der Waals surface area contributed by atoms with Gasteiger partial charge in [-0.3, -0.25) is 9.78 Å². The van der Waals surface area contributed by atoms with E-state index < -0.39 is 0 Å². The van der Waals surface area contributed by atoms with Crippen molar-refractivity contribution in [3.05, 3.63) is 60.8 Å². The SMILES string of the molecule is COc1ccc(NC(=O)c2ccc(-c3cncnc3)nc2)c(OC)c1. The molecule has 0 unspecified atom stereocenters. The summed E-state index contributed by atoms with van der Waals surface area (Å²) >= 11 is 0. The number of carbonyl (C=O) groups excluding carboxylic acids is 1. The minimum atomic E-state index is -0.285. The van der Waals surface area contributed by atoms with E-state index in [4.69, 9.17) is 9.47 Å². The highest BCUT2D eigenvalue weighted by molar-refractivity contribution is 6.05. The number of benzene rings is 1. The molecule has 126 valence electrons. The lowest BCUT2D eigenvalue weighted by Crippen LogP contribution is -2.13. The van der Waals surface area contributed by atoms with Crippen LogP contribution >= 0.6 is 0 Å². The van der Waals surface area contributed by atoms with Gasteiger partial charge in [-0.15, -0.1) is 0 Å². The smallest absolute Gasteiger partial charge is 0.257 e. The molecule has 3 rings (SSSR count). The average molecular weight is 336 g/mol. The van der Waals surface area contributed by atoms with Crippen LogP contribution in [-0.4, -0.2) is 35.1 Å². The molecule has 0 fully saturated rings. The minimum Gasteiger partial charge on any atom is -0.497 e. The van der Waals surface area contributed by atoms with Crippen molar-refractivity contribution in [1.29, 1.82) is 0 Å². The molecule has 1 aromatic carbocycles. The monoisotopic (exact) mass is 336 g/mol. The number of nitrogens with zero attached hydrogens (tertiary/aromatic N) is 3. The number of anilines is 1. The molecule has 3 aromatic rings. The predicted octanol–water partition coefficient (Wildman–Crippen LogP) is 2.81. The van der Waals surface area contributed by atoms with Crippen LogP contribution in [-0.2, 0) is 0 Å². The Balaban J connectivity index is 1.78. The van der Waals surface area contributed by atoms with Crippen molar-refractivity contribution in [2.24, 2.45) is 0 Å². The first-order chi connectivity index (χ1) is 12.2. The molecular formula is C18H16N4O3. The molecule has 0 saturated carbocycles. The zero-order valence-corrected chi connectivity index (χ0v) is 13.8. The molecule has 1 amide bonds. The molecule has 0 saturated heterocycles. The Bertz CT molecular complexity index is 867. The minimum absolute atomic E-state index is 0.285. The molecule has 0 bridgehead atoms. The standard InChI is InChI=1S/C18H16N4O3/c1-24-14-4-6-16(17(7-14)25-2)22-18(23)12-3-5-15(21-10-12)13-8-19-11-20-9-13/h3-11H,1-2H3,(H,22,23). The van der Waals surface area contributed by atoms with Gasteiger partial charge >= 0.3 is 0 Å². The number of nitrogens with one attached hydrogen (secondary N) is 1. The van der Waals surface area contributed by atoms with Gasteiger partial charge in [0.1, 0.15) is 17.8 Å². The number of hydrogen-bond donors (Lipinski definition) is 1. The molecule has 0 atom stereocenters. The summed E-state index contributed by atoms with van der Waals surface area (Å²) in [6.07, 6.45) is 6.29. The second-order valence-corrected chi connectivity index (χ2v) is 5.08. The summed E-state index contributed by atoms with van der Waals surface area (Å²) in [4.78, 5) is 24.6. The third kappa shape index (κ3) is 3.72.